The number of primary amides is 1. The zero-order valence-corrected chi connectivity index (χ0v) is 22.8. The van der Waals surface area contributed by atoms with E-state index in [1.54, 1.807) is 0 Å². The van der Waals surface area contributed by atoms with Crippen molar-refractivity contribution in [3.05, 3.63) is 46.2 Å². The van der Waals surface area contributed by atoms with Crippen LogP contribution in [0.3, 0.4) is 0 Å². The molecule has 13 heteroatoms. The number of carbonyl (C=O) groups excluding carboxylic acids is 3. The van der Waals surface area contributed by atoms with Crippen molar-refractivity contribution in [1.82, 2.24) is 4.90 Å². The molecule has 1 fully saturated rings. The highest BCUT2D eigenvalue weighted by Crippen LogP contribution is 2.57. The largest absolute Gasteiger partial charge is 0.508 e. The zero-order valence-electron chi connectivity index (χ0n) is 21.0. The number of likely N-dealkylation sites (N-methyl/N-ethyl adjacent to an activating group) is 1. The number of ketones is 2. The van der Waals surface area contributed by atoms with E-state index in [1.807, 2.05) is 0 Å². The van der Waals surface area contributed by atoms with Crippen LogP contribution in [0.25, 0.3) is 5.76 Å². The molecule has 0 bridgehead atoms. The van der Waals surface area contributed by atoms with Gasteiger partial charge in [0.15, 0.2) is 11.4 Å². The number of aromatic hydroxyl groups is 1. The standard InChI is InChI=1S/C22H24N2O8.C3H8OS2/c1-21(31)8-5-4-6-11(25)12(8)16(26)13-9(21)7-10-15(24(2)3)17(27)14(20(23)30)19(29)22(10,32)18(13)28;4-1-3(6)2-5/h4-6,9-10,15,25-26,29,31-32H,7H2,1-3H3,(H2,23,30);3-6H,1-2H2/t9-,10-,15-,21+,22-;/m0./s1. The van der Waals surface area contributed by atoms with Gasteiger partial charge < -0.3 is 36.4 Å². The Kier molecular flexibility index (Phi) is 8.33. The number of nitrogens with zero attached hydrogens (tertiary/aromatic N) is 1. The average Bonchev–Trinajstić information content (AvgIpc) is 2.84. The summed E-state index contributed by atoms with van der Waals surface area (Å²) in [7, 11) is 3.01. The van der Waals surface area contributed by atoms with E-state index >= 15 is 0 Å². The van der Waals surface area contributed by atoms with Gasteiger partial charge in [-0.25, -0.2) is 0 Å². The van der Waals surface area contributed by atoms with Crippen LogP contribution in [-0.2, 0) is 20.0 Å². The Hall–Kier alpha value is -2.55. The molecule has 3 aliphatic carbocycles. The van der Waals surface area contributed by atoms with E-state index in [4.69, 9.17) is 10.8 Å². The second kappa shape index (κ2) is 10.5. The van der Waals surface area contributed by atoms with Gasteiger partial charge in [-0.1, -0.05) is 12.1 Å². The molecular formula is C25H32N2O9S2. The number of phenolic OH excluding ortho intramolecular Hbond substituents is 1. The van der Waals surface area contributed by atoms with Gasteiger partial charge in [0.05, 0.1) is 23.8 Å². The van der Waals surface area contributed by atoms with Gasteiger partial charge in [0, 0.05) is 28.4 Å². The first kappa shape index (κ1) is 30.0. The number of rotatable bonds is 4. The van der Waals surface area contributed by atoms with E-state index in [0.29, 0.717) is 5.75 Å². The number of phenols is 1. The maximum absolute atomic E-state index is 13.7. The summed E-state index contributed by atoms with van der Waals surface area (Å²) in [5.74, 6) is -7.26. The van der Waals surface area contributed by atoms with Crippen LogP contribution in [0.4, 0.5) is 0 Å². The number of aliphatic hydroxyl groups excluding tert-OH is 3. The van der Waals surface area contributed by atoms with E-state index in [0.717, 1.165) is 0 Å². The number of hydrogen-bond acceptors (Lipinski definition) is 12. The highest BCUT2D eigenvalue weighted by atomic mass is 32.1. The summed E-state index contributed by atoms with van der Waals surface area (Å²) in [6, 6.07) is 3.02. The Morgan fingerprint density at radius 2 is 1.82 bits per heavy atom. The lowest BCUT2D eigenvalue weighted by atomic mass is 9.54. The van der Waals surface area contributed by atoms with Gasteiger partial charge in [0.1, 0.15) is 22.8 Å². The van der Waals surface area contributed by atoms with E-state index in [-0.39, 0.29) is 29.4 Å². The second-order valence-corrected chi connectivity index (χ2v) is 11.1. The van der Waals surface area contributed by atoms with Crippen LogP contribution >= 0.6 is 25.3 Å². The molecule has 208 valence electrons. The van der Waals surface area contributed by atoms with Crippen LogP contribution < -0.4 is 5.73 Å². The molecule has 1 aromatic rings. The first-order chi connectivity index (χ1) is 17.6. The van der Waals surface area contributed by atoms with Crippen molar-refractivity contribution in [3.63, 3.8) is 0 Å². The van der Waals surface area contributed by atoms with Gasteiger partial charge >= 0.3 is 0 Å². The fourth-order valence-corrected chi connectivity index (χ4v) is 5.67. The molecule has 1 saturated carbocycles. The number of thiol groups is 2. The topological polar surface area (TPSA) is 202 Å². The number of fused-ring (bicyclic) bond motifs is 3. The molecule has 6 atom stereocenters. The molecule has 8 N–H and O–H groups in total. The lowest BCUT2D eigenvalue weighted by Crippen LogP contribution is -2.67. The fraction of sp³-hybridized carbons (Fsp3) is 0.480. The lowest BCUT2D eigenvalue weighted by Gasteiger charge is -2.53. The monoisotopic (exact) mass is 568 g/mol. The summed E-state index contributed by atoms with van der Waals surface area (Å²) < 4.78 is 0. The van der Waals surface area contributed by atoms with Gasteiger partial charge in [-0.15, -0.1) is 0 Å². The normalized spacial score (nSPS) is 31.2. The molecule has 3 aliphatic rings. The van der Waals surface area contributed by atoms with Crippen molar-refractivity contribution in [2.45, 2.75) is 35.8 Å². The molecule has 0 aromatic heterocycles. The molecule has 0 aliphatic heterocycles. The Balaban J connectivity index is 0.000000599. The van der Waals surface area contributed by atoms with E-state index in [9.17, 15) is 39.9 Å². The fourth-order valence-electron chi connectivity index (χ4n) is 5.56. The molecule has 0 saturated heterocycles. The summed E-state index contributed by atoms with van der Waals surface area (Å²) in [6.45, 7) is 1.52. The van der Waals surface area contributed by atoms with Crippen LogP contribution in [-0.4, -0.2) is 96.4 Å². The number of nitrogens with two attached hydrogens (primary N) is 1. The summed E-state index contributed by atoms with van der Waals surface area (Å²) in [5, 5.41) is 63.2. The molecular weight excluding hydrogens is 536 g/mol. The lowest BCUT2D eigenvalue weighted by molar-refractivity contribution is -0.159. The molecule has 0 spiro atoms. The minimum atomic E-state index is -2.75. The highest BCUT2D eigenvalue weighted by molar-refractivity contribution is 7.84. The summed E-state index contributed by atoms with van der Waals surface area (Å²) in [6.07, 6.45) is -0.200. The van der Waals surface area contributed by atoms with Crippen LogP contribution in [0.15, 0.2) is 35.1 Å². The smallest absolute Gasteiger partial charge is 0.255 e. The molecule has 0 radical (unpaired) electrons. The number of benzene rings is 1. The Labute approximate surface area is 230 Å². The summed E-state index contributed by atoms with van der Waals surface area (Å²) >= 11 is 7.76. The van der Waals surface area contributed by atoms with E-state index < -0.39 is 75.0 Å². The third-order valence-corrected chi connectivity index (χ3v) is 8.52. The van der Waals surface area contributed by atoms with Gasteiger partial charge in [-0.2, -0.15) is 25.3 Å². The molecule has 0 heterocycles. The first-order valence-electron chi connectivity index (χ1n) is 11.7. The van der Waals surface area contributed by atoms with Crippen molar-refractivity contribution >= 4 is 48.5 Å². The zero-order chi connectivity index (χ0) is 28.9. The number of hydrogen-bond donors (Lipinski definition) is 9. The molecule has 1 aromatic carbocycles. The Bertz CT molecular complexity index is 1240. The first-order valence-corrected chi connectivity index (χ1v) is 12.8. The molecule has 11 nitrogen and oxygen atoms in total. The van der Waals surface area contributed by atoms with Crippen LogP contribution in [0, 0.1) is 11.8 Å². The minimum Gasteiger partial charge on any atom is -0.508 e. The van der Waals surface area contributed by atoms with Crippen LogP contribution in [0.5, 0.6) is 5.75 Å². The van der Waals surface area contributed by atoms with Crippen molar-refractivity contribution in [3.8, 4) is 5.75 Å². The molecule has 1 amide bonds. The Morgan fingerprint density at radius 1 is 1.21 bits per heavy atom. The van der Waals surface area contributed by atoms with Crippen molar-refractivity contribution < 1.29 is 45.0 Å². The van der Waals surface area contributed by atoms with Crippen LogP contribution in [0.1, 0.15) is 24.5 Å². The van der Waals surface area contributed by atoms with Gasteiger partial charge in [-0.3, -0.25) is 19.3 Å². The minimum absolute atomic E-state index is 0.0494. The predicted octanol–water partition coefficient (Wildman–Crippen LogP) is -0.164. The van der Waals surface area contributed by atoms with Crippen molar-refractivity contribution in [2.24, 2.45) is 17.6 Å². The molecule has 38 heavy (non-hydrogen) atoms. The SMILES string of the molecule is CN(C)[C@@H]1C(=O)C(C(N)=O)=C(O)[C@@]2(O)C(=O)C3=C(O)c4c(O)cccc4[C@@](C)(O)[C@H]3C[C@@H]12.OCC(S)CS. The molecule has 1 unspecified atom stereocenters. The summed E-state index contributed by atoms with van der Waals surface area (Å²) in [4.78, 5) is 40.0. The van der Waals surface area contributed by atoms with Crippen molar-refractivity contribution in [2.75, 3.05) is 26.5 Å². The maximum atomic E-state index is 13.7. The summed E-state index contributed by atoms with van der Waals surface area (Å²) in [5.41, 5.74) is -0.548. The highest BCUT2D eigenvalue weighted by Gasteiger charge is 2.66. The average molecular weight is 569 g/mol. The third kappa shape index (κ3) is 4.40. The van der Waals surface area contributed by atoms with E-state index in [2.05, 4.69) is 25.3 Å². The maximum Gasteiger partial charge on any atom is 0.255 e. The van der Waals surface area contributed by atoms with Crippen LogP contribution in [0.2, 0.25) is 0 Å². The van der Waals surface area contributed by atoms with Crippen molar-refractivity contribution in [1.29, 1.82) is 0 Å². The van der Waals surface area contributed by atoms with Gasteiger partial charge in [0.2, 0.25) is 5.78 Å². The number of amides is 1. The predicted molar refractivity (Wildman–Crippen MR) is 144 cm³/mol. The van der Waals surface area contributed by atoms with Gasteiger partial charge in [0.25, 0.3) is 5.91 Å². The molecule has 4 rings (SSSR count). The van der Waals surface area contributed by atoms with E-state index in [1.165, 1.54) is 44.1 Å². The van der Waals surface area contributed by atoms with Gasteiger partial charge in [-0.05, 0) is 39.1 Å². The number of Topliss-reactive ketones (excluding diaryl/α,β-unsaturated/α-hetero) is 2. The third-order valence-electron chi connectivity index (χ3n) is 7.44. The Morgan fingerprint density at radius 3 is 2.29 bits per heavy atom. The number of aliphatic hydroxyl groups is 5. The second-order valence-electron chi connectivity index (χ2n) is 9.98. The quantitative estimate of drug-likeness (QED) is 0.173. The number of carbonyl (C=O) groups is 3.